The summed E-state index contributed by atoms with van der Waals surface area (Å²) in [6.45, 7) is 1.61. The monoisotopic (exact) mass is 273 g/mol. The molecule has 2 nitrogen and oxygen atoms in total. The third-order valence-corrected chi connectivity index (χ3v) is 3.26. The van der Waals surface area contributed by atoms with Crippen molar-refractivity contribution in [1.82, 2.24) is 5.32 Å². The highest BCUT2D eigenvalue weighted by atomic mass is 19.4. The molecule has 1 N–H and O–H groups in total. The number of hydrogen-bond acceptors (Lipinski definition) is 2. The van der Waals surface area contributed by atoms with Gasteiger partial charge in [0.1, 0.15) is 6.61 Å². The molecule has 0 heterocycles. The number of halogens is 3. The number of fused-ring (bicyclic) bond motifs is 1. The first-order valence-corrected chi connectivity index (χ1v) is 6.51. The van der Waals surface area contributed by atoms with Crippen molar-refractivity contribution in [1.29, 1.82) is 0 Å². The Morgan fingerprint density at radius 2 is 2.05 bits per heavy atom. The van der Waals surface area contributed by atoms with Gasteiger partial charge in [0.05, 0.1) is 12.1 Å². The van der Waals surface area contributed by atoms with E-state index in [2.05, 4.69) is 5.32 Å². The molecule has 0 radical (unpaired) electrons. The van der Waals surface area contributed by atoms with Gasteiger partial charge in [-0.25, -0.2) is 0 Å². The Bertz CT molecular complexity index is 419. The molecule has 0 bridgehead atoms. The molecule has 2 rings (SSSR count). The summed E-state index contributed by atoms with van der Waals surface area (Å²) in [6, 6.07) is 7.58. The summed E-state index contributed by atoms with van der Waals surface area (Å²) in [5.74, 6) is 0. The Morgan fingerprint density at radius 3 is 2.74 bits per heavy atom. The van der Waals surface area contributed by atoms with Gasteiger partial charge in [0.2, 0.25) is 0 Å². The first kappa shape index (κ1) is 14.3. The standard InChI is InChI=1S/C14H18F3NO/c1-2-7-18-13-11-6-4-3-5-10(11)8-12(13)19-9-14(15,16)17/h3-6,12-13,18H,2,7-9H2,1H3. The molecule has 2 atom stereocenters. The molecule has 0 saturated carbocycles. The Morgan fingerprint density at radius 1 is 1.32 bits per heavy atom. The molecule has 1 aliphatic carbocycles. The molecular weight excluding hydrogens is 255 g/mol. The van der Waals surface area contributed by atoms with Gasteiger partial charge in [0.15, 0.2) is 0 Å². The van der Waals surface area contributed by atoms with Crippen LogP contribution in [-0.4, -0.2) is 25.4 Å². The molecule has 1 aromatic rings. The van der Waals surface area contributed by atoms with E-state index in [0.717, 1.165) is 24.1 Å². The van der Waals surface area contributed by atoms with Crippen LogP contribution in [0, 0.1) is 0 Å². The second kappa shape index (κ2) is 5.92. The van der Waals surface area contributed by atoms with Gasteiger partial charge in [-0.2, -0.15) is 13.2 Å². The van der Waals surface area contributed by atoms with Gasteiger partial charge in [-0.15, -0.1) is 0 Å². The fourth-order valence-corrected chi connectivity index (χ4v) is 2.46. The average Bonchev–Trinajstić information content (AvgIpc) is 2.71. The molecular formula is C14H18F3NO. The van der Waals surface area contributed by atoms with E-state index in [1.807, 2.05) is 31.2 Å². The Kier molecular flexibility index (Phi) is 4.47. The number of benzene rings is 1. The number of rotatable bonds is 5. The van der Waals surface area contributed by atoms with E-state index in [4.69, 9.17) is 4.74 Å². The van der Waals surface area contributed by atoms with Crippen molar-refractivity contribution in [3.63, 3.8) is 0 Å². The summed E-state index contributed by atoms with van der Waals surface area (Å²) in [5, 5.41) is 3.28. The van der Waals surface area contributed by atoms with Gasteiger partial charge in [0.25, 0.3) is 0 Å². The zero-order valence-electron chi connectivity index (χ0n) is 10.8. The third kappa shape index (κ3) is 3.70. The normalized spacial score (nSPS) is 22.5. The lowest BCUT2D eigenvalue weighted by atomic mass is 10.1. The third-order valence-electron chi connectivity index (χ3n) is 3.26. The summed E-state index contributed by atoms with van der Waals surface area (Å²) in [5.41, 5.74) is 2.13. The first-order valence-electron chi connectivity index (χ1n) is 6.51. The van der Waals surface area contributed by atoms with Crippen LogP contribution in [0.25, 0.3) is 0 Å². The highest BCUT2D eigenvalue weighted by Gasteiger charge is 2.36. The minimum absolute atomic E-state index is 0.140. The van der Waals surface area contributed by atoms with E-state index in [9.17, 15) is 13.2 Å². The summed E-state index contributed by atoms with van der Waals surface area (Å²) >= 11 is 0. The molecule has 19 heavy (non-hydrogen) atoms. The maximum Gasteiger partial charge on any atom is 0.411 e. The number of nitrogens with one attached hydrogen (secondary N) is 1. The minimum atomic E-state index is -4.27. The lowest BCUT2D eigenvalue weighted by Crippen LogP contribution is -2.34. The van der Waals surface area contributed by atoms with Gasteiger partial charge in [0, 0.05) is 6.42 Å². The van der Waals surface area contributed by atoms with E-state index in [1.54, 1.807) is 0 Å². The molecule has 106 valence electrons. The van der Waals surface area contributed by atoms with Crippen molar-refractivity contribution in [2.45, 2.75) is 38.1 Å². The minimum Gasteiger partial charge on any atom is -0.366 e. The molecule has 0 amide bonds. The van der Waals surface area contributed by atoms with E-state index in [0.29, 0.717) is 6.42 Å². The van der Waals surface area contributed by atoms with Crippen LogP contribution in [0.4, 0.5) is 13.2 Å². The maximum atomic E-state index is 12.3. The van der Waals surface area contributed by atoms with Crippen molar-refractivity contribution >= 4 is 0 Å². The van der Waals surface area contributed by atoms with Crippen LogP contribution < -0.4 is 5.32 Å². The largest absolute Gasteiger partial charge is 0.411 e. The van der Waals surface area contributed by atoms with Gasteiger partial charge in [-0.05, 0) is 24.1 Å². The second-order valence-electron chi connectivity index (χ2n) is 4.80. The smallest absolute Gasteiger partial charge is 0.366 e. The fourth-order valence-electron chi connectivity index (χ4n) is 2.46. The van der Waals surface area contributed by atoms with E-state index < -0.39 is 18.9 Å². The number of ether oxygens (including phenoxy) is 1. The van der Waals surface area contributed by atoms with Crippen molar-refractivity contribution in [3.8, 4) is 0 Å². The van der Waals surface area contributed by atoms with Crippen LogP contribution in [0.15, 0.2) is 24.3 Å². The Hall–Kier alpha value is -1.07. The number of hydrogen-bond donors (Lipinski definition) is 1. The van der Waals surface area contributed by atoms with Gasteiger partial charge >= 0.3 is 6.18 Å². The quantitative estimate of drug-likeness (QED) is 0.889. The van der Waals surface area contributed by atoms with Gasteiger partial charge < -0.3 is 10.1 Å². The van der Waals surface area contributed by atoms with Crippen LogP contribution >= 0.6 is 0 Å². The molecule has 2 unspecified atom stereocenters. The average molecular weight is 273 g/mol. The van der Waals surface area contributed by atoms with Crippen LogP contribution in [0.2, 0.25) is 0 Å². The highest BCUT2D eigenvalue weighted by molar-refractivity contribution is 5.36. The topological polar surface area (TPSA) is 21.3 Å². The molecule has 0 spiro atoms. The zero-order chi connectivity index (χ0) is 13.9. The van der Waals surface area contributed by atoms with E-state index >= 15 is 0 Å². The SMILES string of the molecule is CCCNC1c2ccccc2CC1OCC(F)(F)F. The number of alkyl halides is 3. The molecule has 1 aliphatic rings. The van der Waals surface area contributed by atoms with Crippen molar-refractivity contribution in [3.05, 3.63) is 35.4 Å². The van der Waals surface area contributed by atoms with Gasteiger partial charge in [-0.3, -0.25) is 0 Å². The predicted octanol–water partition coefficient (Wildman–Crippen LogP) is 3.23. The molecule has 0 fully saturated rings. The highest BCUT2D eigenvalue weighted by Crippen LogP contribution is 2.34. The summed E-state index contributed by atoms with van der Waals surface area (Å²) in [4.78, 5) is 0. The van der Waals surface area contributed by atoms with Gasteiger partial charge in [-0.1, -0.05) is 31.2 Å². The lowest BCUT2D eigenvalue weighted by Gasteiger charge is -2.22. The zero-order valence-corrected chi connectivity index (χ0v) is 10.8. The van der Waals surface area contributed by atoms with Crippen molar-refractivity contribution in [2.75, 3.05) is 13.2 Å². The lowest BCUT2D eigenvalue weighted by molar-refractivity contribution is -0.187. The van der Waals surface area contributed by atoms with Crippen molar-refractivity contribution in [2.24, 2.45) is 0 Å². The molecule has 5 heteroatoms. The molecule has 0 saturated heterocycles. The molecule has 1 aromatic carbocycles. The van der Waals surface area contributed by atoms with Crippen molar-refractivity contribution < 1.29 is 17.9 Å². The Labute approximate surface area is 111 Å². The molecule has 0 aromatic heterocycles. The second-order valence-corrected chi connectivity index (χ2v) is 4.80. The first-order chi connectivity index (χ1) is 9.01. The van der Waals surface area contributed by atoms with E-state index in [-0.39, 0.29) is 6.04 Å². The molecule has 0 aliphatic heterocycles. The summed E-state index contributed by atoms with van der Waals surface area (Å²) < 4.78 is 41.9. The van der Waals surface area contributed by atoms with E-state index in [1.165, 1.54) is 0 Å². The fraction of sp³-hybridized carbons (Fsp3) is 0.571. The van der Waals surface area contributed by atoms with Crippen LogP contribution in [-0.2, 0) is 11.2 Å². The summed E-state index contributed by atoms with van der Waals surface area (Å²) in [7, 11) is 0. The van der Waals surface area contributed by atoms with Crippen LogP contribution in [0.3, 0.4) is 0 Å². The summed E-state index contributed by atoms with van der Waals surface area (Å²) in [6.07, 6.45) is -3.24. The van der Waals surface area contributed by atoms with Crippen LogP contribution in [0.1, 0.15) is 30.5 Å². The van der Waals surface area contributed by atoms with Crippen LogP contribution in [0.5, 0.6) is 0 Å². The predicted molar refractivity (Wildman–Crippen MR) is 67.0 cm³/mol. The Balaban J connectivity index is 2.07. The maximum absolute atomic E-state index is 12.3.